The quantitative estimate of drug-likeness (QED) is 0.612. The number of benzene rings is 1. The first-order valence-electron chi connectivity index (χ1n) is 6.68. The van der Waals surface area contributed by atoms with Crippen LogP contribution >= 0.6 is 23.2 Å². The Kier molecular flexibility index (Phi) is 4.55. The molecule has 0 atom stereocenters. The number of aliphatic imine (C=N–C) groups is 1. The average molecular weight is 345 g/mol. The highest BCUT2D eigenvalue weighted by molar-refractivity contribution is 6.42. The third-order valence-corrected chi connectivity index (χ3v) is 3.85. The molecule has 114 valence electrons. The second-order valence-corrected chi connectivity index (χ2v) is 5.42. The van der Waals surface area contributed by atoms with Crippen molar-refractivity contribution in [2.45, 2.75) is 0 Å². The zero-order valence-electron chi connectivity index (χ0n) is 11.7. The van der Waals surface area contributed by atoms with Gasteiger partial charge in [0.05, 0.1) is 10.0 Å². The summed E-state index contributed by atoms with van der Waals surface area (Å²) < 4.78 is 5.10. The SMILES string of the molecule is O=C1OC(C=Cc2cccc(Cl)c2Cl)=NC1=Cc1cccnc1. The fraction of sp³-hybridized carbons (Fsp3) is 0. The van der Waals surface area contributed by atoms with Gasteiger partial charge in [0, 0.05) is 18.5 Å². The molecule has 1 aliphatic heterocycles. The van der Waals surface area contributed by atoms with Gasteiger partial charge in [0.2, 0.25) is 5.90 Å². The van der Waals surface area contributed by atoms with Gasteiger partial charge in [-0.1, -0.05) is 41.4 Å². The molecular formula is C17H10Cl2N2O2. The van der Waals surface area contributed by atoms with Crippen LogP contribution in [0.1, 0.15) is 11.1 Å². The summed E-state index contributed by atoms with van der Waals surface area (Å²) in [5.41, 5.74) is 1.70. The predicted molar refractivity (Wildman–Crippen MR) is 91.2 cm³/mol. The lowest BCUT2D eigenvalue weighted by atomic mass is 10.2. The van der Waals surface area contributed by atoms with Gasteiger partial charge in [0.1, 0.15) is 0 Å². The van der Waals surface area contributed by atoms with Gasteiger partial charge in [0.15, 0.2) is 5.70 Å². The molecule has 6 heteroatoms. The van der Waals surface area contributed by atoms with Crippen molar-refractivity contribution < 1.29 is 9.53 Å². The molecule has 0 fully saturated rings. The van der Waals surface area contributed by atoms with E-state index in [1.54, 1.807) is 54.9 Å². The number of carbonyl (C=O) groups is 1. The van der Waals surface area contributed by atoms with Crippen molar-refractivity contribution in [1.82, 2.24) is 4.98 Å². The van der Waals surface area contributed by atoms with Gasteiger partial charge in [-0.05, 0) is 35.4 Å². The van der Waals surface area contributed by atoms with E-state index in [1.165, 1.54) is 0 Å². The summed E-state index contributed by atoms with van der Waals surface area (Å²) >= 11 is 12.0. The number of halogens is 2. The molecule has 23 heavy (non-hydrogen) atoms. The summed E-state index contributed by atoms with van der Waals surface area (Å²) in [6.45, 7) is 0. The Labute approximate surface area is 142 Å². The van der Waals surface area contributed by atoms with Crippen LogP contribution in [0.25, 0.3) is 12.2 Å². The Bertz CT molecular complexity index is 843. The largest absolute Gasteiger partial charge is 0.403 e. The van der Waals surface area contributed by atoms with Crippen molar-refractivity contribution in [1.29, 1.82) is 0 Å². The van der Waals surface area contributed by atoms with Crippen molar-refractivity contribution in [3.8, 4) is 0 Å². The number of pyridine rings is 1. The van der Waals surface area contributed by atoms with Crippen LogP contribution in [0, 0.1) is 0 Å². The minimum Gasteiger partial charge on any atom is -0.403 e. The van der Waals surface area contributed by atoms with Crippen molar-refractivity contribution >= 4 is 47.2 Å². The number of aromatic nitrogens is 1. The Balaban J connectivity index is 1.83. The van der Waals surface area contributed by atoms with E-state index >= 15 is 0 Å². The molecular weight excluding hydrogens is 335 g/mol. The highest BCUT2D eigenvalue weighted by Gasteiger charge is 2.21. The fourth-order valence-corrected chi connectivity index (χ4v) is 2.30. The molecule has 2 aromatic rings. The van der Waals surface area contributed by atoms with Crippen LogP contribution in [0.2, 0.25) is 10.0 Å². The summed E-state index contributed by atoms with van der Waals surface area (Å²) in [7, 11) is 0. The second-order valence-electron chi connectivity index (χ2n) is 4.63. The predicted octanol–water partition coefficient (Wildman–Crippen LogP) is 4.40. The van der Waals surface area contributed by atoms with E-state index < -0.39 is 5.97 Å². The summed E-state index contributed by atoms with van der Waals surface area (Å²) in [6.07, 6.45) is 8.16. The lowest BCUT2D eigenvalue weighted by Gasteiger charge is -1.99. The molecule has 2 heterocycles. The zero-order chi connectivity index (χ0) is 16.2. The van der Waals surface area contributed by atoms with Crippen molar-refractivity contribution in [3.63, 3.8) is 0 Å². The van der Waals surface area contributed by atoms with Gasteiger partial charge in [-0.2, -0.15) is 0 Å². The van der Waals surface area contributed by atoms with E-state index in [2.05, 4.69) is 9.98 Å². The number of hydrogen-bond acceptors (Lipinski definition) is 4. The van der Waals surface area contributed by atoms with E-state index in [0.29, 0.717) is 15.6 Å². The van der Waals surface area contributed by atoms with Gasteiger partial charge in [0.25, 0.3) is 0 Å². The minimum absolute atomic E-state index is 0.196. The molecule has 0 unspecified atom stereocenters. The molecule has 1 aromatic carbocycles. The highest BCUT2D eigenvalue weighted by Crippen LogP contribution is 2.26. The number of ether oxygens (including phenoxy) is 1. The van der Waals surface area contributed by atoms with Gasteiger partial charge in [-0.25, -0.2) is 9.79 Å². The van der Waals surface area contributed by atoms with Crippen LogP contribution in [-0.2, 0) is 9.53 Å². The standard InChI is InChI=1S/C17H10Cl2N2O2/c18-13-5-1-4-12(16(13)19)6-7-15-21-14(17(22)23-15)9-11-3-2-8-20-10-11/h1-10H. The van der Waals surface area contributed by atoms with E-state index in [1.807, 2.05) is 6.07 Å². The second kappa shape index (κ2) is 6.77. The summed E-state index contributed by atoms with van der Waals surface area (Å²) in [4.78, 5) is 19.9. The molecule has 3 rings (SSSR count). The first-order chi connectivity index (χ1) is 11.1. The molecule has 0 saturated carbocycles. The molecule has 0 N–H and O–H groups in total. The molecule has 1 aromatic heterocycles. The van der Waals surface area contributed by atoms with Gasteiger partial charge in [-0.3, -0.25) is 4.98 Å². The van der Waals surface area contributed by atoms with Crippen molar-refractivity contribution in [2.24, 2.45) is 4.99 Å². The minimum atomic E-state index is -0.509. The molecule has 4 nitrogen and oxygen atoms in total. The summed E-state index contributed by atoms with van der Waals surface area (Å²) in [5, 5.41) is 0.887. The smallest absolute Gasteiger partial charge is 0.363 e. The lowest BCUT2D eigenvalue weighted by molar-refractivity contribution is -0.129. The maximum absolute atomic E-state index is 11.8. The third-order valence-electron chi connectivity index (χ3n) is 3.01. The van der Waals surface area contributed by atoms with Crippen molar-refractivity contribution in [3.05, 3.63) is 75.7 Å². The van der Waals surface area contributed by atoms with Crippen molar-refractivity contribution in [2.75, 3.05) is 0 Å². The third kappa shape index (κ3) is 3.67. The molecule has 0 bridgehead atoms. The molecule has 0 saturated heterocycles. The molecule has 0 spiro atoms. The molecule has 0 aliphatic carbocycles. The van der Waals surface area contributed by atoms with E-state index in [9.17, 15) is 4.79 Å². The number of nitrogens with zero attached hydrogens (tertiary/aromatic N) is 2. The number of rotatable bonds is 3. The Morgan fingerprint density at radius 2 is 1.96 bits per heavy atom. The normalized spacial score (nSPS) is 16.0. The van der Waals surface area contributed by atoms with Crippen LogP contribution in [0.15, 0.2) is 59.5 Å². The van der Waals surface area contributed by atoms with Crippen LogP contribution in [0.3, 0.4) is 0 Å². The van der Waals surface area contributed by atoms with E-state index in [0.717, 1.165) is 5.56 Å². The van der Waals surface area contributed by atoms with Gasteiger partial charge < -0.3 is 4.74 Å². The number of hydrogen-bond donors (Lipinski definition) is 0. The van der Waals surface area contributed by atoms with Crippen LogP contribution in [-0.4, -0.2) is 16.9 Å². The molecule has 0 radical (unpaired) electrons. The maximum Gasteiger partial charge on any atom is 0.363 e. The van der Waals surface area contributed by atoms with Crippen LogP contribution in [0.4, 0.5) is 0 Å². The monoisotopic (exact) mass is 344 g/mol. The zero-order valence-corrected chi connectivity index (χ0v) is 13.3. The topological polar surface area (TPSA) is 51.5 Å². The summed E-state index contributed by atoms with van der Waals surface area (Å²) in [5.74, 6) is -0.313. The number of carbonyl (C=O) groups excluding carboxylic acids is 1. The van der Waals surface area contributed by atoms with Crippen LogP contribution in [0.5, 0.6) is 0 Å². The summed E-state index contributed by atoms with van der Waals surface area (Å²) in [6, 6.07) is 8.88. The first kappa shape index (κ1) is 15.5. The average Bonchev–Trinajstić information content (AvgIpc) is 2.90. The Hall–Kier alpha value is -2.43. The first-order valence-corrected chi connectivity index (χ1v) is 7.44. The fourth-order valence-electron chi connectivity index (χ4n) is 1.93. The number of cyclic esters (lactones) is 1. The lowest BCUT2D eigenvalue weighted by Crippen LogP contribution is -2.01. The van der Waals surface area contributed by atoms with Gasteiger partial charge in [-0.15, -0.1) is 0 Å². The molecule has 1 aliphatic rings. The molecule has 0 amide bonds. The Morgan fingerprint density at radius 3 is 2.74 bits per heavy atom. The number of esters is 1. The van der Waals surface area contributed by atoms with Gasteiger partial charge >= 0.3 is 5.97 Å². The Morgan fingerprint density at radius 1 is 1.09 bits per heavy atom. The van der Waals surface area contributed by atoms with E-state index in [4.69, 9.17) is 27.9 Å². The van der Waals surface area contributed by atoms with E-state index in [-0.39, 0.29) is 11.6 Å². The highest BCUT2D eigenvalue weighted by atomic mass is 35.5. The van der Waals surface area contributed by atoms with Crippen LogP contribution < -0.4 is 0 Å². The maximum atomic E-state index is 11.8.